The van der Waals surface area contributed by atoms with Crippen molar-refractivity contribution in [3.05, 3.63) is 52.2 Å². The van der Waals surface area contributed by atoms with E-state index in [2.05, 4.69) is 26.0 Å². The summed E-state index contributed by atoms with van der Waals surface area (Å²) in [5.41, 5.74) is 1.25. The Morgan fingerprint density at radius 1 is 1.24 bits per heavy atom. The van der Waals surface area contributed by atoms with E-state index in [0.717, 1.165) is 23.5 Å². The molecule has 1 heterocycles. The first-order valence-corrected chi connectivity index (χ1v) is 8.38. The average molecular weight is 302 g/mol. The smallest absolute Gasteiger partial charge is 0.172 e. The summed E-state index contributed by atoms with van der Waals surface area (Å²) in [4.78, 5) is 12.7. The highest BCUT2D eigenvalue weighted by Gasteiger charge is 2.10. The molecule has 0 aliphatic rings. The topological polar surface area (TPSA) is 26.3 Å². The van der Waals surface area contributed by atoms with Gasteiger partial charge in [-0.3, -0.25) is 4.79 Å². The van der Waals surface area contributed by atoms with Crippen LogP contribution >= 0.6 is 11.3 Å². The monoisotopic (exact) mass is 302 g/mol. The highest BCUT2D eigenvalue weighted by atomic mass is 32.1. The van der Waals surface area contributed by atoms with Crippen LogP contribution in [0.25, 0.3) is 0 Å². The second-order valence-corrected chi connectivity index (χ2v) is 6.15. The number of para-hydroxylation sites is 1. The van der Waals surface area contributed by atoms with Crippen LogP contribution in [0.3, 0.4) is 0 Å². The number of rotatable bonds is 8. The molecular weight excluding hydrogens is 280 g/mol. The number of ether oxygens (including phenoxy) is 1. The number of thiophene rings is 1. The van der Waals surface area contributed by atoms with Crippen molar-refractivity contribution in [2.24, 2.45) is 0 Å². The van der Waals surface area contributed by atoms with Crippen LogP contribution in [0, 0.1) is 0 Å². The molecule has 0 aliphatic heterocycles. The molecular formula is C18H22O2S. The molecule has 0 fully saturated rings. The van der Waals surface area contributed by atoms with Crippen molar-refractivity contribution >= 4 is 17.1 Å². The minimum atomic E-state index is 0.212. The van der Waals surface area contributed by atoms with E-state index in [4.69, 9.17) is 4.74 Å². The van der Waals surface area contributed by atoms with E-state index in [9.17, 15) is 4.79 Å². The van der Waals surface area contributed by atoms with E-state index >= 15 is 0 Å². The summed E-state index contributed by atoms with van der Waals surface area (Å²) in [5, 5.41) is 1.94. The molecule has 0 saturated carbocycles. The Morgan fingerprint density at radius 3 is 2.76 bits per heavy atom. The maximum absolute atomic E-state index is 11.9. The van der Waals surface area contributed by atoms with E-state index < -0.39 is 0 Å². The Balaban J connectivity index is 1.82. The maximum atomic E-state index is 11.9. The average Bonchev–Trinajstić information content (AvgIpc) is 3.05. The number of hydrogen-bond acceptors (Lipinski definition) is 3. The van der Waals surface area contributed by atoms with E-state index in [1.54, 1.807) is 0 Å². The molecule has 0 radical (unpaired) electrons. The van der Waals surface area contributed by atoms with E-state index in [1.807, 2.05) is 29.6 Å². The first-order valence-electron chi connectivity index (χ1n) is 7.50. The highest BCUT2D eigenvalue weighted by molar-refractivity contribution is 7.12. The van der Waals surface area contributed by atoms with Gasteiger partial charge in [0.2, 0.25) is 0 Å². The Bertz CT molecular complexity index is 560. The fourth-order valence-corrected chi connectivity index (χ4v) is 2.91. The van der Waals surface area contributed by atoms with Gasteiger partial charge < -0.3 is 4.74 Å². The van der Waals surface area contributed by atoms with Crippen molar-refractivity contribution in [3.8, 4) is 5.75 Å². The van der Waals surface area contributed by atoms with E-state index in [-0.39, 0.29) is 5.78 Å². The second-order valence-electron chi connectivity index (χ2n) is 5.20. The summed E-state index contributed by atoms with van der Waals surface area (Å²) in [6, 6.07) is 12.0. The predicted octanol–water partition coefficient (Wildman–Crippen LogP) is 5.30. The lowest BCUT2D eigenvalue weighted by molar-refractivity contribution is 0.0977. The van der Waals surface area contributed by atoms with Crippen molar-refractivity contribution in [3.63, 3.8) is 0 Å². The minimum absolute atomic E-state index is 0.212. The number of Topliss-reactive ketones (excluding diaryl/α,β-unsaturated/α-hetero) is 1. The third-order valence-corrected chi connectivity index (χ3v) is 4.57. The molecule has 0 amide bonds. The third-order valence-electron chi connectivity index (χ3n) is 3.66. The number of hydrogen-bond donors (Lipinski definition) is 0. The predicted molar refractivity (Wildman–Crippen MR) is 88.5 cm³/mol. The van der Waals surface area contributed by atoms with Gasteiger partial charge in [0.25, 0.3) is 0 Å². The first-order chi connectivity index (χ1) is 10.2. The molecule has 0 aliphatic carbocycles. The van der Waals surface area contributed by atoms with Crippen LogP contribution in [0.5, 0.6) is 5.75 Å². The van der Waals surface area contributed by atoms with E-state index in [1.165, 1.54) is 16.9 Å². The first kappa shape index (κ1) is 15.8. The molecule has 2 nitrogen and oxygen atoms in total. The van der Waals surface area contributed by atoms with Gasteiger partial charge in [0.1, 0.15) is 5.75 Å². The van der Waals surface area contributed by atoms with E-state index in [0.29, 0.717) is 18.9 Å². The molecule has 0 N–H and O–H groups in total. The Kier molecular flexibility index (Phi) is 6.00. The van der Waals surface area contributed by atoms with Gasteiger partial charge in [-0.25, -0.2) is 0 Å². The second kappa shape index (κ2) is 7.99. The van der Waals surface area contributed by atoms with Crippen LogP contribution in [0.15, 0.2) is 41.8 Å². The van der Waals surface area contributed by atoms with Crippen LogP contribution in [-0.4, -0.2) is 12.4 Å². The van der Waals surface area contributed by atoms with Crippen LogP contribution < -0.4 is 4.74 Å². The summed E-state index contributed by atoms with van der Waals surface area (Å²) in [5.74, 6) is 1.66. The molecule has 3 heteroatoms. The molecule has 0 saturated heterocycles. The molecule has 2 rings (SSSR count). The highest BCUT2D eigenvalue weighted by Crippen LogP contribution is 2.28. The van der Waals surface area contributed by atoms with Gasteiger partial charge in [-0.05, 0) is 41.8 Å². The fraction of sp³-hybridized carbons (Fsp3) is 0.389. The Labute approximate surface area is 130 Å². The molecule has 1 aromatic heterocycles. The molecule has 112 valence electrons. The van der Waals surface area contributed by atoms with Crippen LogP contribution in [0.4, 0.5) is 0 Å². The molecule has 1 unspecified atom stereocenters. The normalized spacial score (nSPS) is 12.1. The summed E-state index contributed by atoms with van der Waals surface area (Å²) in [7, 11) is 0. The standard InChI is InChI=1S/C18H22O2S/c1-3-14(2)15-8-4-5-10-17(15)20-12-6-9-16(19)18-11-7-13-21-18/h4-5,7-8,10-11,13-14H,3,6,9,12H2,1-2H3. The van der Waals surface area contributed by atoms with Crippen LogP contribution in [0.1, 0.15) is 54.3 Å². The number of benzene rings is 1. The zero-order chi connectivity index (χ0) is 15.1. The van der Waals surface area contributed by atoms with Crippen LogP contribution in [0.2, 0.25) is 0 Å². The quantitative estimate of drug-likeness (QED) is 0.488. The minimum Gasteiger partial charge on any atom is -0.493 e. The number of carbonyl (C=O) groups excluding carboxylic acids is 1. The maximum Gasteiger partial charge on any atom is 0.172 e. The van der Waals surface area contributed by atoms with Crippen molar-refractivity contribution in [1.82, 2.24) is 0 Å². The third kappa shape index (κ3) is 4.43. The lowest BCUT2D eigenvalue weighted by Crippen LogP contribution is -2.05. The lowest BCUT2D eigenvalue weighted by atomic mass is 9.98. The van der Waals surface area contributed by atoms with Gasteiger partial charge in [0.15, 0.2) is 5.78 Å². The summed E-state index contributed by atoms with van der Waals surface area (Å²) in [6.45, 7) is 4.98. The zero-order valence-electron chi connectivity index (χ0n) is 12.7. The van der Waals surface area contributed by atoms with Gasteiger partial charge in [0.05, 0.1) is 11.5 Å². The summed E-state index contributed by atoms with van der Waals surface area (Å²) in [6.07, 6.45) is 2.40. The number of carbonyl (C=O) groups is 1. The SMILES string of the molecule is CCC(C)c1ccccc1OCCCC(=O)c1cccs1. The molecule has 2 aromatic rings. The van der Waals surface area contributed by atoms with Gasteiger partial charge in [0, 0.05) is 6.42 Å². The molecule has 0 spiro atoms. The van der Waals surface area contributed by atoms with Crippen molar-refractivity contribution in [2.45, 2.75) is 39.0 Å². The van der Waals surface area contributed by atoms with Gasteiger partial charge in [-0.2, -0.15) is 0 Å². The van der Waals surface area contributed by atoms with Gasteiger partial charge in [-0.15, -0.1) is 11.3 Å². The Hall–Kier alpha value is -1.61. The van der Waals surface area contributed by atoms with Crippen molar-refractivity contribution < 1.29 is 9.53 Å². The largest absolute Gasteiger partial charge is 0.493 e. The molecule has 1 aromatic carbocycles. The molecule has 0 bridgehead atoms. The number of ketones is 1. The van der Waals surface area contributed by atoms with Gasteiger partial charge >= 0.3 is 0 Å². The van der Waals surface area contributed by atoms with Crippen molar-refractivity contribution in [1.29, 1.82) is 0 Å². The summed E-state index contributed by atoms with van der Waals surface area (Å²) >= 11 is 1.50. The summed E-state index contributed by atoms with van der Waals surface area (Å²) < 4.78 is 5.88. The van der Waals surface area contributed by atoms with Crippen LogP contribution in [-0.2, 0) is 0 Å². The Morgan fingerprint density at radius 2 is 2.05 bits per heavy atom. The van der Waals surface area contributed by atoms with Gasteiger partial charge in [-0.1, -0.05) is 38.1 Å². The van der Waals surface area contributed by atoms with Crippen molar-refractivity contribution in [2.75, 3.05) is 6.61 Å². The lowest BCUT2D eigenvalue weighted by Gasteiger charge is -2.15. The molecule has 1 atom stereocenters. The zero-order valence-corrected chi connectivity index (χ0v) is 13.5. The fourth-order valence-electron chi connectivity index (χ4n) is 2.21. The molecule has 21 heavy (non-hydrogen) atoms.